The molecule has 0 aromatic heterocycles. The van der Waals surface area contributed by atoms with Gasteiger partial charge in [0.25, 0.3) is 0 Å². The zero-order valence-electron chi connectivity index (χ0n) is 10.1. The molecule has 0 bridgehead atoms. The van der Waals surface area contributed by atoms with Crippen LogP contribution in [0.25, 0.3) is 0 Å². The number of hydrogen-bond donors (Lipinski definition) is 1. The van der Waals surface area contributed by atoms with E-state index in [0.29, 0.717) is 0 Å². The SMILES string of the molecule is COC(=O)[C@H]1CCCC2(CCCCC2)[C@@H]1O. The zero-order valence-corrected chi connectivity index (χ0v) is 10.1. The molecule has 0 aromatic rings. The summed E-state index contributed by atoms with van der Waals surface area (Å²) in [4.78, 5) is 11.6. The van der Waals surface area contributed by atoms with Gasteiger partial charge >= 0.3 is 5.97 Å². The first-order valence-electron chi connectivity index (χ1n) is 6.45. The van der Waals surface area contributed by atoms with Crippen LogP contribution in [0.5, 0.6) is 0 Å². The molecular formula is C13H22O3. The predicted octanol–water partition coefficient (Wildman–Crippen LogP) is 2.27. The van der Waals surface area contributed by atoms with Crippen molar-refractivity contribution in [2.24, 2.45) is 11.3 Å². The first-order chi connectivity index (χ1) is 7.69. The maximum Gasteiger partial charge on any atom is 0.311 e. The van der Waals surface area contributed by atoms with Gasteiger partial charge in [-0.3, -0.25) is 4.79 Å². The first kappa shape index (κ1) is 11.9. The third-order valence-electron chi connectivity index (χ3n) is 4.55. The van der Waals surface area contributed by atoms with E-state index in [9.17, 15) is 9.90 Å². The summed E-state index contributed by atoms with van der Waals surface area (Å²) in [7, 11) is 1.41. The van der Waals surface area contributed by atoms with Crippen LogP contribution in [-0.4, -0.2) is 24.3 Å². The van der Waals surface area contributed by atoms with E-state index in [1.165, 1.54) is 26.4 Å². The molecule has 2 atom stereocenters. The molecular weight excluding hydrogens is 204 g/mol. The first-order valence-corrected chi connectivity index (χ1v) is 6.45. The minimum atomic E-state index is -0.478. The van der Waals surface area contributed by atoms with Crippen LogP contribution in [-0.2, 0) is 9.53 Å². The second kappa shape index (κ2) is 4.74. The maximum absolute atomic E-state index is 11.6. The highest BCUT2D eigenvalue weighted by Gasteiger charge is 2.47. The van der Waals surface area contributed by atoms with Gasteiger partial charge in [0.2, 0.25) is 0 Å². The van der Waals surface area contributed by atoms with Gasteiger partial charge in [0.05, 0.1) is 19.1 Å². The molecule has 0 radical (unpaired) electrons. The Bertz CT molecular complexity index is 250. The van der Waals surface area contributed by atoms with Gasteiger partial charge in [-0.25, -0.2) is 0 Å². The summed E-state index contributed by atoms with van der Waals surface area (Å²) >= 11 is 0. The molecule has 92 valence electrons. The fraction of sp³-hybridized carbons (Fsp3) is 0.923. The molecule has 0 amide bonds. The van der Waals surface area contributed by atoms with Crippen molar-refractivity contribution in [1.82, 2.24) is 0 Å². The molecule has 0 saturated heterocycles. The van der Waals surface area contributed by atoms with Crippen LogP contribution >= 0.6 is 0 Å². The zero-order chi connectivity index (χ0) is 11.6. The summed E-state index contributed by atoms with van der Waals surface area (Å²) in [5, 5.41) is 10.4. The average Bonchev–Trinajstić information content (AvgIpc) is 2.33. The third kappa shape index (κ3) is 1.97. The minimum Gasteiger partial charge on any atom is -0.469 e. The van der Waals surface area contributed by atoms with Crippen LogP contribution in [0.4, 0.5) is 0 Å². The number of carbonyl (C=O) groups excluding carboxylic acids is 1. The summed E-state index contributed by atoms with van der Waals surface area (Å²) in [6, 6.07) is 0. The van der Waals surface area contributed by atoms with Gasteiger partial charge < -0.3 is 9.84 Å². The topological polar surface area (TPSA) is 46.5 Å². The Morgan fingerprint density at radius 1 is 1.19 bits per heavy atom. The van der Waals surface area contributed by atoms with Gasteiger partial charge in [-0.2, -0.15) is 0 Å². The van der Waals surface area contributed by atoms with Crippen molar-refractivity contribution in [3.8, 4) is 0 Å². The molecule has 3 nitrogen and oxygen atoms in total. The number of methoxy groups -OCH3 is 1. The Kier molecular flexibility index (Phi) is 3.53. The Labute approximate surface area is 97.2 Å². The number of ether oxygens (including phenoxy) is 1. The van der Waals surface area contributed by atoms with Crippen molar-refractivity contribution >= 4 is 5.97 Å². The summed E-state index contributed by atoms with van der Waals surface area (Å²) < 4.78 is 4.80. The van der Waals surface area contributed by atoms with Gasteiger partial charge in [0, 0.05) is 0 Å². The Balaban J connectivity index is 2.11. The molecule has 1 N–H and O–H groups in total. The van der Waals surface area contributed by atoms with Crippen LogP contribution in [0.1, 0.15) is 51.4 Å². The fourth-order valence-electron chi connectivity index (χ4n) is 3.61. The smallest absolute Gasteiger partial charge is 0.311 e. The van der Waals surface area contributed by atoms with E-state index in [1.54, 1.807) is 0 Å². The largest absolute Gasteiger partial charge is 0.469 e. The van der Waals surface area contributed by atoms with Crippen molar-refractivity contribution in [2.45, 2.75) is 57.5 Å². The monoisotopic (exact) mass is 226 g/mol. The standard InChI is InChI=1S/C13H22O3/c1-16-12(15)10-6-5-9-13(11(10)14)7-3-2-4-8-13/h10-11,14H,2-9H2,1H3/t10-,11+/m0/s1. The molecule has 2 fully saturated rings. The minimum absolute atomic E-state index is 0.0232. The molecule has 2 saturated carbocycles. The Morgan fingerprint density at radius 3 is 2.44 bits per heavy atom. The molecule has 16 heavy (non-hydrogen) atoms. The number of hydrogen-bond acceptors (Lipinski definition) is 3. The van der Waals surface area contributed by atoms with E-state index < -0.39 is 6.10 Å². The Morgan fingerprint density at radius 2 is 1.81 bits per heavy atom. The normalized spacial score (nSPS) is 33.6. The molecule has 1 spiro atoms. The second-order valence-corrected chi connectivity index (χ2v) is 5.39. The number of rotatable bonds is 1. The van der Waals surface area contributed by atoms with Gasteiger partial charge in [-0.1, -0.05) is 25.7 Å². The molecule has 2 aliphatic carbocycles. The van der Waals surface area contributed by atoms with Gasteiger partial charge in [-0.05, 0) is 31.1 Å². The van der Waals surface area contributed by atoms with E-state index in [4.69, 9.17) is 4.74 Å². The number of carbonyl (C=O) groups is 1. The lowest BCUT2D eigenvalue weighted by Gasteiger charge is -2.47. The van der Waals surface area contributed by atoms with Gasteiger partial charge in [0.1, 0.15) is 0 Å². The molecule has 0 aromatic carbocycles. The molecule has 2 rings (SSSR count). The van der Waals surface area contributed by atoms with E-state index in [0.717, 1.165) is 32.1 Å². The van der Waals surface area contributed by atoms with E-state index in [-0.39, 0.29) is 17.3 Å². The average molecular weight is 226 g/mol. The van der Waals surface area contributed by atoms with Crippen molar-refractivity contribution in [1.29, 1.82) is 0 Å². The fourth-order valence-corrected chi connectivity index (χ4v) is 3.61. The van der Waals surface area contributed by atoms with Crippen LogP contribution in [0.2, 0.25) is 0 Å². The summed E-state index contributed by atoms with van der Waals surface area (Å²) in [6.45, 7) is 0. The molecule has 2 aliphatic rings. The lowest BCUT2D eigenvalue weighted by Crippen LogP contribution is -2.47. The maximum atomic E-state index is 11.6. The van der Waals surface area contributed by atoms with E-state index in [1.807, 2.05) is 0 Å². The van der Waals surface area contributed by atoms with Gasteiger partial charge in [-0.15, -0.1) is 0 Å². The quantitative estimate of drug-likeness (QED) is 0.698. The lowest BCUT2D eigenvalue weighted by molar-refractivity contribution is -0.159. The summed E-state index contributed by atoms with van der Waals surface area (Å²) in [5.41, 5.74) is 0.0232. The van der Waals surface area contributed by atoms with E-state index in [2.05, 4.69) is 0 Å². The number of aliphatic hydroxyl groups is 1. The molecule has 0 aliphatic heterocycles. The van der Waals surface area contributed by atoms with Crippen LogP contribution in [0.15, 0.2) is 0 Å². The van der Waals surface area contributed by atoms with Crippen molar-refractivity contribution < 1.29 is 14.6 Å². The summed E-state index contributed by atoms with van der Waals surface area (Å²) in [6.07, 6.45) is 8.29. The lowest BCUT2D eigenvalue weighted by atomic mass is 9.60. The Hall–Kier alpha value is -0.570. The predicted molar refractivity (Wildman–Crippen MR) is 60.9 cm³/mol. The highest BCUT2D eigenvalue weighted by Crippen LogP contribution is 2.49. The van der Waals surface area contributed by atoms with E-state index >= 15 is 0 Å². The van der Waals surface area contributed by atoms with Crippen LogP contribution < -0.4 is 0 Å². The second-order valence-electron chi connectivity index (χ2n) is 5.39. The van der Waals surface area contributed by atoms with Crippen LogP contribution in [0, 0.1) is 11.3 Å². The van der Waals surface area contributed by atoms with Crippen molar-refractivity contribution in [3.05, 3.63) is 0 Å². The molecule has 0 unspecified atom stereocenters. The van der Waals surface area contributed by atoms with Crippen LogP contribution in [0.3, 0.4) is 0 Å². The highest BCUT2D eigenvalue weighted by atomic mass is 16.5. The number of aliphatic hydroxyl groups excluding tert-OH is 1. The van der Waals surface area contributed by atoms with Gasteiger partial charge in [0.15, 0.2) is 0 Å². The van der Waals surface area contributed by atoms with Crippen molar-refractivity contribution in [2.75, 3.05) is 7.11 Å². The van der Waals surface area contributed by atoms with Crippen molar-refractivity contribution in [3.63, 3.8) is 0 Å². The number of esters is 1. The summed E-state index contributed by atoms with van der Waals surface area (Å²) in [5.74, 6) is -0.506. The third-order valence-corrected chi connectivity index (χ3v) is 4.55. The molecule has 3 heteroatoms. The molecule has 0 heterocycles. The highest BCUT2D eigenvalue weighted by molar-refractivity contribution is 5.73.